The summed E-state index contributed by atoms with van der Waals surface area (Å²) in [5, 5.41) is 0.411. The largest absolute Gasteiger partial charge is 0.440 e. The number of carbonyl (C=O) groups excluding carboxylic acids is 1. The Hall–Kier alpha value is -3.46. The lowest BCUT2D eigenvalue weighted by atomic mass is 9.92. The molecular weight excluding hydrogens is 481 g/mol. The lowest BCUT2D eigenvalue weighted by molar-refractivity contribution is -0.137. The molecule has 0 radical (unpaired) electrons. The van der Waals surface area contributed by atoms with Gasteiger partial charge in [0.25, 0.3) is 5.91 Å². The molecule has 1 saturated heterocycles. The Bertz CT molecular complexity index is 1390. The molecule has 1 aliphatic rings. The van der Waals surface area contributed by atoms with E-state index in [1.165, 1.54) is 6.07 Å². The van der Waals surface area contributed by atoms with Crippen molar-refractivity contribution in [2.45, 2.75) is 37.9 Å². The van der Waals surface area contributed by atoms with E-state index >= 15 is 0 Å². The van der Waals surface area contributed by atoms with Crippen molar-refractivity contribution in [2.75, 3.05) is 6.54 Å². The Morgan fingerprint density at radius 2 is 1.89 bits per heavy atom. The Balaban J connectivity index is 1.45. The summed E-state index contributed by atoms with van der Waals surface area (Å²) in [6, 6.07) is 9.86. The van der Waals surface area contributed by atoms with Crippen molar-refractivity contribution in [2.24, 2.45) is 0 Å². The first-order valence-corrected chi connectivity index (χ1v) is 11.4. The molecule has 1 aliphatic heterocycles. The summed E-state index contributed by atoms with van der Waals surface area (Å²) in [6.45, 7) is 2.26. The normalized spacial score (nSPS) is 18.7. The van der Waals surface area contributed by atoms with E-state index in [0.29, 0.717) is 47.3 Å². The van der Waals surface area contributed by atoms with Crippen molar-refractivity contribution in [3.8, 4) is 11.4 Å². The van der Waals surface area contributed by atoms with Crippen LogP contribution in [0, 0.1) is 0 Å². The van der Waals surface area contributed by atoms with E-state index in [4.69, 9.17) is 16.0 Å². The Labute approximate surface area is 203 Å². The molecule has 180 valence electrons. The van der Waals surface area contributed by atoms with Crippen molar-refractivity contribution in [1.82, 2.24) is 19.9 Å². The van der Waals surface area contributed by atoms with Crippen LogP contribution in [0.5, 0.6) is 0 Å². The number of alkyl halides is 3. The Morgan fingerprint density at radius 3 is 2.63 bits per heavy atom. The number of rotatable bonds is 3. The first-order chi connectivity index (χ1) is 16.7. The van der Waals surface area contributed by atoms with Gasteiger partial charge in [-0.3, -0.25) is 4.79 Å². The molecule has 0 spiro atoms. The Morgan fingerprint density at radius 1 is 1.11 bits per heavy atom. The molecule has 0 bridgehead atoms. The van der Waals surface area contributed by atoms with Gasteiger partial charge in [0.1, 0.15) is 5.52 Å². The second-order valence-corrected chi connectivity index (χ2v) is 9.01. The number of carbonyl (C=O) groups is 1. The van der Waals surface area contributed by atoms with Gasteiger partial charge in [-0.05, 0) is 62.2 Å². The summed E-state index contributed by atoms with van der Waals surface area (Å²) in [4.78, 5) is 28.3. The number of hydrogen-bond donors (Lipinski definition) is 0. The maximum Gasteiger partial charge on any atom is 0.416 e. The molecule has 35 heavy (non-hydrogen) atoms. The number of benzene rings is 2. The van der Waals surface area contributed by atoms with Crippen LogP contribution in [0.4, 0.5) is 13.2 Å². The van der Waals surface area contributed by atoms with E-state index < -0.39 is 11.7 Å². The van der Waals surface area contributed by atoms with Crippen molar-refractivity contribution < 1.29 is 22.4 Å². The van der Waals surface area contributed by atoms with Crippen LogP contribution in [-0.4, -0.2) is 38.3 Å². The van der Waals surface area contributed by atoms with Gasteiger partial charge >= 0.3 is 6.18 Å². The average molecular weight is 501 g/mol. The maximum atomic E-state index is 13.7. The average Bonchev–Trinajstić information content (AvgIpc) is 3.27. The summed E-state index contributed by atoms with van der Waals surface area (Å²) in [5.74, 6) is 0.241. The minimum absolute atomic E-state index is 0.0662. The van der Waals surface area contributed by atoms with Crippen LogP contribution >= 0.6 is 11.6 Å². The number of aromatic nitrogens is 3. The standard InChI is InChI=1S/C25H20ClF3N4O2/c1-14-3-4-15(23-32-20-11-16(25(27,28)29)5-8-21(20)35-23)13-33(14)24(34)19-12-17(26)6-7-18(19)22-30-9-2-10-31-22/h2,5-12,14-15H,3-4,13H2,1H3/t14-,15-/m1/s1. The number of oxazole rings is 1. The van der Waals surface area contributed by atoms with Crippen LogP contribution in [0.1, 0.15) is 47.5 Å². The van der Waals surface area contributed by atoms with Gasteiger partial charge in [-0.25, -0.2) is 15.0 Å². The van der Waals surface area contributed by atoms with Crippen molar-refractivity contribution in [3.05, 3.63) is 76.9 Å². The van der Waals surface area contributed by atoms with Gasteiger partial charge in [0.05, 0.1) is 17.0 Å². The molecule has 10 heteroatoms. The molecule has 3 heterocycles. The molecule has 0 N–H and O–H groups in total. The number of amides is 1. The summed E-state index contributed by atoms with van der Waals surface area (Å²) < 4.78 is 45.1. The quantitative estimate of drug-likeness (QED) is 0.327. The highest BCUT2D eigenvalue weighted by molar-refractivity contribution is 6.31. The number of hydrogen-bond acceptors (Lipinski definition) is 5. The highest BCUT2D eigenvalue weighted by Gasteiger charge is 2.35. The van der Waals surface area contributed by atoms with Gasteiger partial charge in [-0.2, -0.15) is 13.2 Å². The molecule has 1 fully saturated rings. The van der Waals surface area contributed by atoms with Crippen LogP contribution in [0.25, 0.3) is 22.5 Å². The van der Waals surface area contributed by atoms with E-state index in [9.17, 15) is 18.0 Å². The predicted molar refractivity (Wildman–Crippen MR) is 124 cm³/mol. The molecule has 0 saturated carbocycles. The topological polar surface area (TPSA) is 72.1 Å². The fraction of sp³-hybridized carbons (Fsp3) is 0.280. The summed E-state index contributed by atoms with van der Waals surface area (Å²) in [7, 11) is 0. The van der Waals surface area contributed by atoms with Crippen LogP contribution in [-0.2, 0) is 6.18 Å². The minimum atomic E-state index is -4.46. The van der Waals surface area contributed by atoms with Gasteiger partial charge in [-0.1, -0.05) is 11.6 Å². The van der Waals surface area contributed by atoms with Crippen LogP contribution in [0.2, 0.25) is 5.02 Å². The van der Waals surface area contributed by atoms with Crippen molar-refractivity contribution in [3.63, 3.8) is 0 Å². The fourth-order valence-electron chi connectivity index (χ4n) is 4.37. The van der Waals surface area contributed by atoms with Gasteiger partial charge < -0.3 is 9.32 Å². The zero-order valence-electron chi connectivity index (χ0n) is 18.6. The van der Waals surface area contributed by atoms with E-state index in [1.54, 1.807) is 41.6 Å². The van der Waals surface area contributed by atoms with Crippen molar-refractivity contribution in [1.29, 1.82) is 0 Å². The number of likely N-dealkylation sites (tertiary alicyclic amines) is 1. The molecule has 2 aromatic heterocycles. The zero-order valence-corrected chi connectivity index (χ0v) is 19.3. The number of piperidine rings is 1. The third-order valence-corrected chi connectivity index (χ3v) is 6.48. The minimum Gasteiger partial charge on any atom is -0.440 e. The van der Waals surface area contributed by atoms with Crippen LogP contribution in [0.15, 0.2) is 59.3 Å². The van der Waals surface area contributed by atoms with E-state index in [2.05, 4.69) is 15.0 Å². The SMILES string of the molecule is C[C@@H]1CC[C@@H](c2nc3cc(C(F)(F)F)ccc3o2)CN1C(=O)c1cc(Cl)ccc1-c1ncccn1. The van der Waals surface area contributed by atoms with Gasteiger partial charge in [0.2, 0.25) is 0 Å². The van der Waals surface area contributed by atoms with E-state index in [1.807, 2.05) is 6.92 Å². The molecule has 0 unspecified atom stereocenters. The van der Waals surface area contributed by atoms with Crippen LogP contribution in [0.3, 0.4) is 0 Å². The number of halogens is 4. The molecule has 6 nitrogen and oxygen atoms in total. The first kappa shape index (κ1) is 23.3. The second kappa shape index (κ2) is 8.96. The summed E-state index contributed by atoms with van der Waals surface area (Å²) in [5.41, 5.74) is 0.586. The Kier molecular flexibility index (Phi) is 5.96. The molecule has 2 atom stereocenters. The first-order valence-electron chi connectivity index (χ1n) is 11.1. The third kappa shape index (κ3) is 4.60. The lowest BCUT2D eigenvalue weighted by Gasteiger charge is -2.37. The summed E-state index contributed by atoms with van der Waals surface area (Å²) in [6.07, 6.45) is 0.104. The molecule has 0 aliphatic carbocycles. The monoisotopic (exact) mass is 500 g/mol. The molecule has 1 amide bonds. The highest BCUT2D eigenvalue weighted by atomic mass is 35.5. The smallest absolute Gasteiger partial charge is 0.416 e. The molecular formula is C25H20ClF3N4O2. The highest BCUT2D eigenvalue weighted by Crippen LogP contribution is 2.36. The van der Waals surface area contributed by atoms with Crippen molar-refractivity contribution >= 4 is 28.6 Å². The molecule has 5 rings (SSSR count). The lowest BCUT2D eigenvalue weighted by Crippen LogP contribution is -2.45. The fourth-order valence-corrected chi connectivity index (χ4v) is 4.54. The third-order valence-electron chi connectivity index (χ3n) is 6.24. The van der Waals surface area contributed by atoms with E-state index in [-0.39, 0.29) is 29.0 Å². The maximum absolute atomic E-state index is 13.7. The number of fused-ring (bicyclic) bond motifs is 1. The molecule has 2 aromatic carbocycles. The van der Waals surface area contributed by atoms with Crippen LogP contribution < -0.4 is 0 Å². The molecule has 4 aromatic rings. The van der Waals surface area contributed by atoms with Gasteiger partial charge in [-0.15, -0.1) is 0 Å². The second-order valence-electron chi connectivity index (χ2n) is 8.58. The number of nitrogens with zero attached hydrogens (tertiary/aromatic N) is 4. The zero-order chi connectivity index (χ0) is 24.7. The van der Waals surface area contributed by atoms with Gasteiger partial charge in [0, 0.05) is 35.6 Å². The van der Waals surface area contributed by atoms with E-state index in [0.717, 1.165) is 12.1 Å². The summed E-state index contributed by atoms with van der Waals surface area (Å²) >= 11 is 6.22. The predicted octanol–water partition coefficient (Wildman–Crippen LogP) is 6.37. The van der Waals surface area contributed by atoms with Gasteiger partial charge in [0.15, 0.2) is 17.3 Å².